The summed E-state index contributed by atoms with van der Waals surface area (Å²) in [6, 6.07) is 11.1. The largest absolute Gasteiger partial charge is 0.432 e. The highest BCUT2D eigenvalue weighted by Gasteiger charge is 2.22. The number of nitrogens with zero attached hydrogens (tertiary/aromatic N) is 3. The van der Waals surface area contributed by atoms with Gasteiger partial charge in [-0.1, -0.05) is 29.8 Å². The van der Waals surface area contributed by atoms with Crippen molar-refractivity contribution in [2.24, 2.45) is 0 Å². The Balaban J connectivity index is 1.75. The van der Waals surface area contributed by atoms with Crippen molar-refractivity contribution in [2.45, 2.75) is 13.5 Å². The van der Waals surface area contributed by atoms with E-state index >= 15 is 0 Å². The van der Waals surface area contributed by atoms with Gasteiger partial charge in [-0.2, -0.15) is 0 Å². The molecule has 0 N–H and O–H groups in total. The zero-order valence-electron chi connectivity index (χ0n) is 15.9. The van der Waals surface area contributed by atoms with E-state index in [1.165, 1.54) is 24.3 Å². The summed E-state index contributed by atoms with van der Waals surface area (Å²) < 4.78 is 5.20. The highest BCUT2D eigenvalue weighted by atomic mass is 35.5. The highest BCUT2D eigenvalue weighted by molar-refractivity contribution is 6.30. The molecule has 0 atom stereocenters. The third-order valence-corrected chi connectivity index (χ3v) is 5.07. The average molecular weight is 408 g/mol. The lowest BCUT2D eigenvalue weighted by Gasteiger charge is -2.26. The molecular weight excluding hydrogens is 390 g/mol. The molecule has 6 nitrogen and oxygen atoms in total. The van der Waals surface area contributed by atoms with Gasteiger partial charge in [-0.3, -0.25) is 14.5 Å². The maximum absolute atomic E-state index is 12.8. The van der Waals surface area contributed by atoms with Crippen LogP contribution >= 0.6 is 11.6 Å². The number of benzene rings is 2. The van der Waals surface area contributed by atoms with Gasteiger partial charge in [0.05, 0.1) is 18.4 Å². The smallest absolute Gasteiger partial charge is 0.303 e. The molecule has 0 saturated heterocycles. The molecule has 4 rings (SSSR count). The minimum atomic E-state index is -0.247. The number of aromatic nitrogens is 1. The molecule has 0 spiro atoms. The van der Waals surface area contributed by atoms with Gasteiger partial charge in [0.25, 0.3) is 5.91 Å². The Bertz CT molecular complexity index is 1120. The monoisotopic (exact) mass is 407 g/mol. The van der Waals surface area contributed by atoms with Gasteiger partial charge >= 0.3 is 6.01 Å². The molecule has 0 saturated carbocycles. The summed E-state index contributed by atoms with van der Waals surface area (Å²) in [5.74, 6) is -0.341. The van der Waals surface area contributed by atoms with Gasteiger partial charge in [0, 0.05) is 24.6 Å². The SMILES string of the molecule is CC(=O)N1Cc2cc(C(=O)N(C)c3ncco3)ccc2/C=C\c2cc(Cl)ccc21. The molecule has 1 aliphatic rings. The van der Waals surface area contributed by atoms with Gasteiger partial charge in [0.1, 0.15) is 6.26 Å². The fraction of sp³-hybridized carbons (Fsp3) is 0.136. The zero-order valence-corrected chi connectivity index (χ0v) is 16.7. The minimum absolute atomic E-state index is 0.0940. The molecule has 29 heavy (non-hydrogen) atoms. The molecule has 0 bridgehead atoms. The second-order valence-corrected chi connectivity index (χ2v) is 7.17. The number of oxazole rings is 1. The van der Waals surface area contributed by atoms with E-state index in [0.717, 1.165) is 22.4 Å². The Morgan fingerprint density at radius 2 is 1.93 bits per heavy atom. The lowest BCUT2D eigenvalue weighted by Crippen LogP contribution is -2.30. The van der Waals surface area contributed by atoms with E-state index in [-0.39, 0.29) is 17.8 Å². The second kappa shape index (κ2) is 7.56. The summed E-state index contributed by atoms with van der Waals surface area (Å²) in [4.78, 5) is 32.3. The lowest BCUT2D eigenvalue weighted by atomic mass is 9.98. The Hall–Kier alpha value is -3.38. The standard InChI is InChI=1S/C22H18ClN3O3/c1-14(27)26-13-18-11-17(21(28)25(2)22-24-9-10-29-22)6-4-15(18)3-5-16-12-19(23)7-8-20(16)26/h3-12H,13H2,1-2H3/b5-3-. The van der Waals surface area contributed by atoms with Crippen LogP contribution in [-0.2, 0) is 11.3 Å². The Morgan fingerprint density at radius 1 is 1.14 bits per heavy atom. The van der Waals surface area contributed by atoms with E-state index in [4.69, 9.17) is 16.0 Å². The van der Waals surface area contributed by atoms with Crippen LogP contribution in [0.15, 0.2) is 53.3 Å². The Labute approximate surface area is 173 Å². The van der Waals surface area contributed by atoms with E-state index < -0.39 is 0 Å². The molecule has 0 radical (unpaired) electrons. The molecule has 2 aromatic carbocycles. The molecule has 1 aliphatic heterocycles. The fourth-order valence-electron chi connectivity index (χ4n) is 3.32. The van der Waals surface area contributed by atoms with Crippen molar-refractivity contribution in [1.29, 1.82) is 0 Å². The van der Waals surface area contributed by atoms with Crippen molar-refractivity contribution >= 4 is 47.3 Å². The average Bonchev–Trinajstić information content (AvgIpc) is 3.23. The third-order valence-electron chi connectivity index (χ3n) is 4.83. The van der Waals surface area contributed by atoms with Crippen LogP contribution < -0.4 is 9.80 Å². The van der Waals surface area contributed by atoms with Crippen LogP contribution in [-0.4, -0.2) is 23.8 Å². The maximum Gasteiger partial charge on any atom is 0.303 e. The number of fused-ring (bicyclic) bond motifs is 2. The zero-order chi connectivity index (χ0) is 20.5. The first-order chi connectivity index (χ1) is 13.9. The van der Waals surface area contributed by atoms with Crippen molar-refractivity contribution in [3.8, 4) is 0 Å². The predicted octanol–water partition coefficient (Wildman–Crippen LogP) is 4.64. The Kier molecular flexibility index (Phi) is 4.94. The van der Waals surface area contributed by atoms with Crippen molar-refractivity contribution in [3.05, 3.63) is 76.1 Å². The van der Waals surface area contributed by atoms with Crippen LogP contribution in [0, 0.1) is 0 Å². The summed E-state index contributed by atoms with van der Waals surface area (Å²) in [6.07, 6.45) is 6.79. The van der Waals surface area contributed by atoms with Crippen LogP contribution in [0.4, 0.5) is 11.7 Å². The molecule has 0 aliphatic carbocycles. The number of anilines is 2. The minimum Gasteiger partial charge on any atom is -0.432 e. The fourth-order valence-corrected chi connectivity index (χ4v) is 3.50. The molecule has 2 heterocycles. The molecule has 146 valence electrons. The second-order valence-electron chi connectivity index (χ2n) is 6.73. The van der Waals surface area contributed by atoms with Gasteiger partial charge in [0.2, 0.25) is 5.91 Å². The number of halogens is 1. The third kappa shape index (κ3) is 3.67. The maximum atomic E-state index is 12.8. The van der Waals surface area contributed by atoms with Crippen LogP contribution in [0.3, 0.4) is 0 Å². The van der Waals surface area contributed by atoms with Gasteiger partial charge in [-0.25, -0.2) is 4.98 Å². The normalized spacial score (nSPS) is 13.7. The number of amides is 2. The number of carbonyl (C=O) groups excluding carboxylic acids is 2. The molecule has 0 unspecified atom stereocenters. The summed E-state index contributed by atoms with van der Waals surface area (Å²) >= 11 is 6.13. The number of hydrogen-bond acceptors (Lipinski definition) is 4. The molecular formula is C22H18ClN3O3. The Morgan fingerprint density at radius 3 is 2.66 bits per heavy atom. The highest BCUT2D eigenvalue weighted by Crippen LogP contribution is 2.31. The summed E-state index contributed by atoms with van der Waals surface area (Å²) in [5, 5.41) is 0.605. The van der Waals surface area contributed by atoms with E-state index in [2.05, 4.69) is 4.98 Å². The molecule has 1 aromatic heterocycles. The van der Waals surface area contributed by atoms with E-state index in [1.807, 2.05) is 30.4 Å². The van der Waals surface area contributed by atoms with Crippen molar-refractivity contribution in [2.75, 3.05) is 16.8 Å². The molecule has 0 fully saturated rings. The van der Waals surface area contributed by atoms with Gasteiger partial charge in [-0.05, 0) is 47.0 Å². The van der Waals surface area contributed by atoms with E-state index in [9.17, 15) is 9.59 Å². The molecule has 3 aromatic rings. The van der Waals surface area contributed by atoms with Gasteiger partial charge in [-0.15, -0.1) is 0 Å². The first kappa shape index (κ1) is 19.0. The van der Waals surface area contributed by atoms with Crippen molar-refractivity contribution in [3.63, 3.8) is 0 Å². The van der Waals surface area contributed by atoms with Crippen LogP contribution in [0.25, 0.3) is 12.2 Å². The topological polar surface area (TPSA) is 66.7 Å². The van der Waals surface area contributed by atoms with Gasteiger partial charge in [0.15, 0.2) is 0 Å². The summed E-state index contributed by atoms with van der Waals surface area (Å²) in [7, 11) is 1.60. The first-order valence-corrected chi connectivity index (χ1v) is 9.38. The summed E-state index contributed by atoms with van der Waals surface area (Å²) in [6.45, 7) is 1.86. The molecule has 2 amide bonds. The number of carbonyl (C=O) groups is 2. The number of hydrogen-bond donors (Lipinski definition) is 0. The lowest BCUT2D eigenvalue weighted by molar-refractivity contribution is -0.116. The van der Waals surface area contributed by atoms with Crippen molar-refractivity contribution < 1.29 is 14.0 Å². The van der Waals surface area contributed by atoms with Crippen molar-refractivity contribution in [1.82, 2.24) is 4.98 Å². The van der Waals surface area contributed by atoms with Crippen LogP contribution in [0.2, 0.25) is 5.02 Å². The van der Waals surface area contributed by atoms with Crippen LogP contribution in [0.1, 0.15) is 34.0 Å². The predicted molar refractivity (Wildman–Crippen MR) is 113 cm³/mol. The summed E-state index contributed by atoms with van der Waals surface area (Å²) in [5.41, 5.74) is 3.92. The quantitative estimate of drug-likeness (QED) is 0.620. The molecule has 7 heteroatoms. The van der Waals surface area contributed by atoms with E-state index in [0.29, 0.717) is 17.1 Å². The van der Waals surface area contributed by atoms with Crippen LogP contribution in [0.5, 0.6) is 0 Å². The number of rotatable bonds is 2. The van der Waals surface area contributed by atoms with E-state index in [1.54, 1.807) is 30.1 Å². The van der Waals surface area contributed by atoms with Gasteiger partial charge < -0.3 is 9.32 Å². The first-order valence-electron chi connectivity index (χ1n) is 9.00.